The predicted molar refractivity (Wildman–Crippen MR) is 82.6 cm³/mol. The highest BCUT2D eigenvalue weighted by molar-refractivity contribution is 7.93. The third kappa shape index (κ3) is 3.43. The number of aryl methyl sites for hydroxylation is 2. The lowest BCUT2D eigenvalue weighted by Crippen LogP contribution is -2.13. The van der Waals surface area contributed by atoms with Crippen LogP contribution in [0.15, 0.2) is 35.2 Å². The first-order chi connectivity index (χ1) is 9.83. The molecule has 0 fully saturated rings. The molecular formula is C14H15NO4S2. The van der Waals surface area contributed by atoms with E-state index in [0.29, 0.717) is 10.6 Å². The van der Waals surface area contributed by atoms with Gasteiger partial charge in [0.1, 0.15) is 9.77 Å². The Hall–Kier alpha value is -1.86. The molecule has 1 aromatic heterocycles. The largest absolute Gasteiger partial charge is 0.477 e. The molecule has 5 nitrogen and oxygen atoms in total. The summed E-state index contributed by atoms with van der Waals surface area (Å²) in [6, 6.07) is 8.30. The number of carboxylic acid groups (broad SMARTS) is 1. The number of sulfonamides is 1. The maximum absolute atomic E-state index is 12.4. The maximum Gasteiger partial charge on any atom is 0.345 e. The van der Waals surface area contributed by atoms with Gasteiger partial charge in [-0.3, -0.25) is 4.72 Å². The van der Waals surface area contributed by atoms with Gasteiger partial charge < -0.3 is 5.11 Å². The Kier molecular flexibility index (Phi) is 4.34. The zero-order chi connectivity index (χ0) is 15.6. The first-order valence-electron chi connectivity index (χ1n) is 6.29. The van der Waals surface area contributed by atoms with Gasteiger partial charge in [-0.1, -0.05) is 19.1 Å². The Balaban J connectivity index is 2.36. The number of benzene rings is 1. The molecule has 0 bridgehead atoms. The quantitative estimate of drug-likeness (QED) is 0.884. The van der Waals surface area contributed by atoms with E-state index in [9.17, 15) is 13.2 Å². The van der Waals surface area contributed by atoms with Gasteiger partial charge in [-0.25, -0.2) is 13.2 Å². The number of carboxylic acids is 1. The summed E-state index contributed by atoms with van der Waals surface area (Å²) >= 11 is 0.949. The van der Waals surface area contributed by atoms with Crippen LogP contribution in [0, 0.1) is 6.92 Å². The number of thiophene rings is 1. The Morgan fingerprint density at radius 1 is 1.33 bits per heavy atom. The van der Waals surface area contributed by atoms with Gasteiger partial charge in [0.05, 0.1) is 0 Å². The summed E-state index contributed by atoms with van der Waals surface area (Å²) in [5.41, 5.74) is 1.49. The van der Waals surface area contributed by atoms with Crippen molar-refractivity contribution >= 4 is 33.0 Å². The Morgan fingerprint density at radius 2 is 2.05 bits per heavy atom. The second-order valence-corrected chi connectivity index (χ2v) is 7.40. The van der Waals surface area contributed by atoms with Crippen LogP contribution in [0.5, 0.6) is 0 Å². The van der Waals surface area contributed by atoms with Crippen LogP contribution in [0.2, 0.25) is 0 Å². The molecule has 112 valence electrons. The monoisotopic (exact) mass is 325 g/mol. The van der Waals surface area contributed by atoms with E-state index in [1.165, 1.54) is 6.07 Å². The minimum Gasteiger partial charge on any atom is -0.477 e. The van der Waals surface area contributed by atoms with Gasteiger partial charge in [-0.15, -0.1) is 11.3 Å². The molecule has 0 spiro atoms. The zero-order valence-electron chi connectivity index (χ0n) is 11.6. The Bertz CT molecular complexity index is 778. The number of hydrogen-bond acceptors (Lipinski definition) is 4. The van der Waals surface area contributed by atoms with Crippen molar-refractivity contribution in [3.05, 3.63) is 45.6 Å². The first kappa shape index (κ1) is 15.5. The van der Waals surface area contributed by atoms with E-state index in [1.54, 1.807) is 25.1 Å². The molecular weight excluding hydrogens is 310 g/mol. The molecule has 0 unspecified atom stereocenters. The third-order valence-electron chi connectivity index (χ3n) is 2.96. The summed E-state index contributed by atoms with van der Waals surface area (Å²) in [5.74, 6) is -1.13. The number of nitrogens with one attached hydrogen (secondary N) is 1. The number of carbonyl (C=O) groups is 1. The lowest BCUT2D eigenvalue weighted by molar-refractivity contribution is 0.0702. The number of aromatic carboxylic acids is 1. The summed E-state index contributed by atoms with van der Waals surface area (Å²) in [6.07, 6.45) is 0.802. The van der Waals surface area contributed by atoms with Gasteiger partial charge >= 0.3 is 5.97 Å². The normalized spacial score (nSPS) is 11.3. The molecule has 0 aliphatic rings. The van der Waals surface area contributed by atoms with Crippen molar-refractivity contribution < 1.29 is 18.3 Å². The SMILES string of the molecule is CCc1cccc(NS(=O)(=O)c2cc(C(=O)O)sc2C)c1. The molecule has 1 aromatic carbocycles. The fourth-order valence-corrected chi connectivity index (χ4v) is 4.38. The molecule has 1 heterocycles. The summed E-state index contributed by atoms with van der Waals surface area (Å²) in [5, 5.41) is 8.94. The second kappa shape index (κ2) is 5.87. The summed E-state index contributed by atoms with van der Waals surface area (Å²) in [4.78, 5) is 11.4. The summed E-state index contributed by atoms with van der Waals surface area (Å²) in [7, 11) is -3.78. The fourth-order valence-electron chi connectivity index (χ4n) is 1.90. The van der Waals surface area contributed by atoms with Gasteiger partial charge in [-0.05, 0) is 37.1 Å². The minimum absolute atomic E-state index is 0.00630. The van der Waals surface area contributed by atoms with Crippen LogP contribution >= 0.6 is 11.3 Å². The highest BCUT2D eigenvalue weighted by atomic mass is 32.2. The Labute approximate surface area is 127 Å². The van der Waals surface area contributed by atoms with Crippen LogP contribution < -0.4 is 4.72 Å². The van der Waals surface area contributed by atoms with Gasteiger partial charge in [0, 0.05) is 10.6 Å². The van der Waals surface area contributed by atoms with E-state index < -0.39 is 16.0 Å². The molecule has 0 aliphatic heterocycles. The molecule has 0 aliphatic carbocycles. The van der Waals surface area contributed by atoms with Gasteiger partial charge in [0.2, 0.25) is 0 Å². The first-order valence-corrected chi connectivity index (χ1v) is 8.59. The molecule has 7 heteroatoms. The highest BCUT2D eigenvalue weighted by Gasteiger charge is 2.22. The molecule has 2 N–H and O–H groups in total. The molecule has 0 atom stereocenters. The Morgan fingerprint density at radius 3 is 2.62 bits per heavy atom. The third-order valence-corrected chi connectivity index (χ3v) is 5.64. The van der Waals surface area contributed by atoms with Crippen LogP contribution in [0.1, 0.15) is 27.0 Å². The average Bonchev–Trinajstić information content (AvgIpc) is 2.81. The van der Waals surface area contributed by atoms with E-state index in [4.69, 9.17) is 5.11 Å². The predicted octanol–water partition coefficient (Wildman–Crippen LogP) is 3.12. The van der Waals surface area contributed by atoms with Crippen molar-refractivity contribution in [3.63, 3.8) is 0 Å². The molecule has 2 rings (SSSR count). The van der Waals surface area contributed by atoms with Crippen LogP contribution in [0.4, 0.5) is 5.69 Å². The molecule has 0 saturated heterocycles. The van der Waals surface area contributed by atoms with E-state index in [0.717, 1.165) is 23.3 Å². The highest BCUT2D eigenvalue weighted by Crippen LogP contribution is 2.27. The second-order valence-electron chi connectivity index (χ2n) is 4.50. The number of rotatable bonds is 5. The van der Waals surface area contributed by atoms with Crippen molar-refractivity contribution in [3.8, 4) is 0 Å². The smallest absolute Gasteiger partial charge is 0.345 e. The number of anilines is 1. The van der Waals surface area contributed by atoms with Gasteiger partial charge in [0.25, 0.3) is 10.0 Å². The maximum atomic E-state index is 12.4. The van der Waals surface area contributed by atoms with Crippen molar-refractivity contribution in [2.45, 2.75) is 25.2 Å². The average molecular weight is 325 g/mol. The zero-order valence-corrected chi connectivity index (χ0v) is 13.2. The van der Waals surface area contributed by atoms with Crippen molar-refractivity contribution in [2.75, 3.05) is 4.72 Å². The topological polar surface area (TPSA) is 83.5 Å². The lowest BCUT2D eigenvalue weighted by atomic mass is 10.1. The van der Waals surface area contributed by atoms with Crippen LogP contribution in [-0.4, -0.2) is 19.5 Å². The van der Waals surface area contributed by atoms with Crippen molar-refractivity contribution in [1.29, 1.82) is 0 Å². The van der Waals surface area contributed by atoms with Gasteiger partial charge in [0.15, 0.2) is 0 Å². The number of hydrogen-bond donors (Lipinski definition) is 2. The van der Waals surface area contributed by atoms with Gasteiger partial charge in [-0.2, -0.15) is 0 Å². The van der Waals surface area contributed by atoms with Crippen LogP contribution in [0.25, 0.3) is 0 Å². The van der Waals surface area contributed by atoms with Crippen molar-refractivity contribution in [2.24, 2.45) is 0 Å². The summed E-state index contributed by atoms with van der Waals surface area (Å²) < 4.78 is 27.2. The van der Waals surface area contributed by atoms with E-state index in [-0.39, 0.29) is 9.77 Å². The van der Waals surface area contributed by atoms with E-state index in [2.05, 4.69) is 4.72 Å². The molecule has 0 amide bonds. The van der Waals surface area contributed by atoms with E-state index in [1.807, 2.05) is 13.0 Å². The minimum atomic E-state index is -3.78. The van der Waals surface area contributed by atoms with Crippen LogP contribution in [-0.2, 0) is 16.4 Å². The molecule has 0 saturated carbocycles. The van der Waals surface area contributed by atoms with Crippen LogP contribution in [0.3, 0.4) is 0 Å². The molecule has 0 radical (unpaired) electrons. The lowest BCUT2D eigenvalue weighted by Gasteiger charge is -2.08. The molecule has 21 heavy (non-hydrogen) atoms. The summed E-state index contributed by atoms with van der Waals surface area (Å²) in [6.45, 7) is 3.57. The standard InChI is InChI=1S/C14H15NO4S2/c1-3-10-5-4-6-11(7-10)15-21(18,19)13-8-12(14(16)17)20-9(13)2/h4-8,15H,3H2,1-2H3,(H,16,17). The molecule has 2 aromatic rings. The van der Waals surface area contributed by atoms with Crippen molar-refractivity contribution in [1.82, 2.24) is 0 Å². The fraction of sp³-hybridized carbons (Fsp3) is 0.214. The van der Waals surface area contributed by atoms with E-state index >= 15 is 0 Å².